The van der Waals surface area contributed by atoms with E-state index < -0.39 is 5.97 Å². The number of aromatic carboxylic acids is 1. The second kappa shape index (κ2) is 6.79. The van der Waals surface area contributed by atoms with E-state index in [1.54, 1.807) is 14.1 Å². The van der Waals surface area contributed by atoms with Gasteiger partial charge in [-0.15, -0.1) is 0 Å². The molecule has 0 fully saturated rings. The van der Waals surface area contributed by atoms with Gasteiger partial charge in [-0.2, -0.15) is 5.10 Å². The average molecular weight is 381 g/mol. The minimum atomic E-state index is -1.11. The first-order valence-electron chi connectivity index (χ1n) is 7.78. The minimum absolute atomic E-state index is 0.000793. The van der Waals surface area contributed by atoms with Gasteiger partial charge in [-0.3, -0.25) is 9.36 Å². The van der Waals surface area contributed by atoms with E-state index in [4.69, 9.17) is 16.7 Å². The summed E-state index contributed by atoms with van der Waals surface area (Å²) in [5.74, 6) is -0.418. The number of rotatable bonds is 4. The quantitative estimate of drug-likeness (QED) is 0.787. The maximum Gasteiger partial charge on any atom is 0.346 e. The lowest BCUT2D eigenvalue weighted by molar-refractivity contribution is -0.129. The predicted octanol–water partition coefficient (Wildman–Crippen LogP) is -0.100. The zero-order valence-electron chi connectivity index (χ0n) is 14.2. The van der Waals surface area contributed by atoms with Gasteiger partial charge in [-0.25, -0.2) is 19.3 Å². The second-order valence-electron chi connectivity index (χ2n) is 6.05. The Kier molecular flexibility index (Phi) is 4.68. The molecule has 3 heterocycles. The van der Waals surface area contributed by atoms with Crippen molar-refractivity contribution in [1.29, 1.82) is 0 Å². The van der Waals surface area contributed by atoms with Crippen LogP contribution in [0, 0.1) is 0 Å². The van der Waals surface area contributed by atoms with Crippen molar-refractivity contribution < 1.29 is 14.7 Å². The second-order valence-corrected chi connectivity index (χ2v) is 6.46. The van der Waals surface area contributed by atoms with Gasteiger partial charge in [0.1, 0.15) is 12.4 Å². The number of amides is 1. The lowest BCUT2D eigenvalue weighted by Crippen LogP contribution is -2.39. The number of aromatic nitrogens is 4. The third-order valence-electron chi connectivity index (χ3n) is 4.08. The highest BCUT2D eigenvalue weighted by atomic mass is 35.5. The van der Waals surface area contributed by atoms with E-state index in [-0.39, 0.29) is 35.3 Å². The predicted molar refractivity (Wildman–Crippen MR) is 92.4 cm³/mol. The van der Waals surface area contributed by atoms with Gasteiger partial charge in [0.25, 0.3) is 0 Å². The summed E-state index contributed by atoms with van der Waals surface area (Å²) in [6.07, 6.45) is 1.24. The molecule has 0 bridgehead atoms. The molecule has 0 saturated heterocycles. The summed E-state index contributed by atoms with van der Waals surface area (Å²) in [4.78, 5) is 42.5. The van der Waals surface area contributed by atoms with Crippen LogP contribution < -0.4 is 10.6 Å². The van der Waals surface area contributed by atoms with E-state index >= 15 is 0 Å². The number of carboxylic acid groups (broad SMARTS) is 1. The lowest BCUT2D eigenvalue weighted by Gasteiger charge is -2.28. The Labute approximate surface area is 153 Å². The van der Waals surface area contributed by atoms with Crippen molar-refractivity contribution in [1.82, 2.24) is 24.2 Å². The number of carbonyl (C=O) groups is 2. The van der Waals surface area contributed by atoms with E-state index in [0.29, 0.717) is 24.7 Å². The highest BCUT2D eigenvalue weighted by Gasteiger charge is 2.25. The number of nitrogens with zero attached hydrogens (tertiary/aromatic N) is 6. The van der Waals surface area contributed by atoms with Gasteiger partial charge >= 0.3 is 11.7 Å². The molecule has 26 heavy (non-hydrogen) atoms. The van der Waals surface area contributed by atoms with Crippen LogP contribution >= 0.6 is 11.6 Å². The molecule has 0 aliphatic carbocycles. The van der Waals surface area contributed by atoms with E-state index in [1.807, 2.05) is 4.90 Å². The fourth-order valence-electron chi connectivity index (χ4n) is 2.63. The summed E-state index contributed by atoms with van der Waals surface area (Å²) in [6, 6.07) is 1.34. The molecule has 0 aromatic carbocycles. The largest absolute Gasteiger partial charge is 0.478 e. The van der Waals surface area contributed by atoms with Gasteiger partial charge in [-0.05, 0) is 6.07 Å². The van der Waals surface area contributed by atoms with Gasteiger partial charge in [0.05, 0.1) is 17.1 Å². The summed E-state index contributed by atoms with van der Waals surface area (Å²) in [5, 5.41) is 13.4. The van der Waals surface area contributed by atoms with Gasteiger partial charge < -0.3 is 14.9 Å². The van der Waals surface area contributed by atoms with E-state index in [1.165, 1.54) is 21.7 Å². The minimum Gasteiger partial charge on any atom is -0.478 e. The summed E-state index contributed by atoms with van der Waals surface area (Å²) in [6.45, 7) is 0.970. The van der Waals surface area contributed by atoms with Crippen LogP contribution in [0.2, 0.25) is 5.02 Å². The molecule has 1 aliphatic heterocycles. The summed E-state index contributed by atoms with van der Waals surface area (Å²) < 4.78 is 2.66. The Morgan fingerprint density at radius 1 is 1.35 bits per heavy atom. The SMILES string of the molecule is CN(C)C(=O)Cn1nc2n(c1=O)CCN(c1ncc(C(=O)O)cc1Cl)C2. The number of likely N-dealkylation sites (N-methyl/N-ethyl adjacent to an activating group) is 1. The molecule has 1 amide bonds. The molecular formula is C15H17ClN6O4. The van der Waals surface area contributed by atoms with Crippen LogP contribution in [0.3, 0.4) is 0 Å². The summed E-state index contributed by atoms with van der Waals surface area (Å²) in [7, 11) is 3.22. The van der Waals surface area contributed by atoms with Gasteiger partial charge in [0, 0.05) is 33.4 Å². The van der Waals surface area contributed by atoms with Crippen molar-refractivity contribution in [2.75, 3.05) is 25.5 Å². The Hall–Kier alpha value is -2.88. The molecule has 10 nitrogen and oxygen atoms in total. The Balaban J connectivity index is 1.85. The number of carboxylic acids is 1. The smallest absolute Gasteiger partial charge is 0.346 e. The highest BCUT2D eigenvalue weighted by Crippen LogP contribution is 2.26. The molecular weight excluding hydrogens is 364 g/mol. The topological polar surface area (TPSA) is 114 Å². The van der Waals surface area contributed by atoms with E-state index in [9.17, 15) is 14.4 Å². The van der Waals surface area contributed by atoms with E-state index in [2.05, 4.69) is 10.1 Å². The van der Waals surface area contributed by atoms with E-state index in [0.717, 1.165) is 4.68 Å². The number of hydrogen-bond donors (Lipinski definition) is 1. The fourth-order valence-corrected chi connectivity index (χ4v) is 2.92. The Morgan fingerprint density at radius 2 is 2.08 bits per heavy atom. The third-order valence-corrected chi connectivity index (χ3v) is 4.36. The normalized spacial score (nSPS) is 13.4. The molecule has 0 saturated carbocycles. The van der Waals surface area contributed by atoms with Crippen molar-refractivity contribution in [3.63, 3.8) is 0 Å². The Bertz CT molecular complexity index is 935. The molecule has 0 spiro atoms. The van der Waals surface area contributed by atoms with Gasteiger partial charge in [0.15, 0.2) is 5.82 Å². The Morgan fingerprint density at radius 3 is 2.69 bits per heavy atom. The summed E-state index contributed by atoms with van der Waals surface area (Å²) in [5.41, 5.74) is -0.339. The first-order chi connectivity index (χ1) is 12.3. The van der Waals surface area contributed by atoms with Crippen molar-refractivity contribution >= 4 is 29.3 Å². The van der Waals surface area contributed by atoms with Crippen molar-refractivity contribution in [2.24, 2.45) is 0 Å². The molecule has 11 heteroatoms. The molecule has 0 atom stereocenters. The lowest BCUT2D eigenvalue weighted by atomic mass is 10.2. The zero-order valence-corrected chi connectivity index (χ0v) is 15.0. The summed E-state index contributed by atoms with van der Waals surface area (Å²) >= 11 is 6.16. The molecule has 0 radical (unpaired) electrons. The first-order valence-corrected chi connectivity index (χ1v) is 8.16. The number of pyridine rings is 1. The molecule has 2 aromatic heterocycles. The number of fused-ring (bicyclic) bond motifs is 1. The molecule has 0 unspecified atom stereocenters. The first kappa shape index (κ1) is 17.9. The number of carbonyl (C=O) groups excluding carboxylic acids is 1. The molecule has 3 rings (SSSR count). The third kappa shape index (κ3) is 3.27. The monoisotopic (exact) mass is 380 g/mol. The zero-order chi connectivity index (χ0) is 19.0. The molecule has 1 aliphatic rings. The standard InChI is InChI=1S/C15H17ClN6O4/c1-19(2)12(23)8-22-15(26)21-4-3-20(7-11(21)18-22)13-10(16)5-9(6-17-13)14(24)25/h5-6H,3-4,7-8H2,1-2H3,(H,24,25). The van der Waals surface area contributed by atoms with Crippen LogP contribution in [-0.2, 0) is 24.4 Å². The molecule has 2 aromatic rings. The van der Waals surface area contributed by atoms with Crippen LogP contribution in [0.4, 0.5) is 5.82 Å². The van der Waals surface area contributed by atoms with Crippen molar-refractivity contribution in [3.05, 3.63) is 39.2 Å². The maximum absolute atomic E-state index is 12.4. The van der Waals surface area contributed by atoms with Crippen LogP contribution in [0.25, 0.3) is 0 Å². The molecule has 1 N–H and O–H groups in total. The van der Waals surface area contributed by atoms with Crippen LogP contribution in [0.5, 0.6) is 0 Å². The van der Waals surface area contributed by atoms with Crippen LogP contribution in [0.1, 0.15) is 16.2 Å². The maximum atomic E-state index is 12.4. The number of anilines is 1. The number of halogens is 1. The van der Waals surface area contributed by atoms with Crippen molar-refractivity contribution in [3.8, 4) is 0 Å². The van der Waals surface area contributed by atoms with Gasteiger partial charge in [-0.1, -0.05) is 11.6 Å². The van der Waals surface area contributed by atoms with Gasteiger partial charge in [0.2, 0.25) is 5.91 Å². The fraction of sp³-hybridized carbons (Fsp3) is 0.400. The van der Waals surface area contributed by atoms with Crippen molar-refractivity contribution in [2.45, 2.75) is 19.6 Å². The van der Waals surface area contributed by atoms with Crippen LogP contribution in [-0.4, -0.2) is 61.9 Å². The highest BCUT2D eigenvalue weighted by molar-refractivity contribution is 6.33. The number of hydrogen-bond acceptors (Lipinski definition) is 6. The molecule has 138 valence electrons. The van der Waals surface area contributed by atoms with Crippen LogP contribution in [0.15, 0.2) is 17.1 Å². The average Bonchev–Trinajstić information content (AvgIpc) is 2.89.